The summed E-state index contributed by atoms with van der Waals surface area (Å²) in [5.41, 5.74) is 2.01. The highest BCUT2D eigenvalue weighted by molar-refractivity contribution is 8.00. The molecule has 0 unspecified atom stereocenters. The molecule has 0 aliphatic heterocycles. The number of halogens is 3. The van der Waals surface area contributed by atoms with Crippen molar-refractivity contribution in [1.82, 2.24) is 5.32 Å². The second-order valence-electron chi connectivity index (χ2n) is 8.22. The molecule has 0 aromatic heterocycles. The summed E-state index contributed by atoms with van der Waals surface area (Å²) in [6.45, 7) is 0. The second-order valence-corrected chi connectivity index (χ2v) is 10.5. The fourth-order valence-corrected chi connectivity index (χ4v) is 4.71. The van der Waals surface area contributed by atoms with E-state index in [9.17, 15) is 14.4 Å². The number of anilines is 1. The quantitative estimate of drug-likeness (QED) is 0.117. The van der Waals surface area contributed by atoms with E-state index >= 15 is 0 Å². The Bertz CT molecular complexity index is 1540. The van der Waals surface area contributed by atoms with Crippen molar-refractivity contribution in [2.45, 2.75) is 4.90 Å². The van der Waals surface area contributed by atoms with E-state index in [1.165, 1.54) is 17.8 Å². The number of amides is 2. The highest BCUT2D eigenvalue weighted by Crippen LogP contribution is 2.26. The van der Waals surface area contributed by atoms with Crippen LogP contribution in [0.3, 0.4) is 0 Å². The Labute approximate surface area is 245 Å². The Morgan fingerprint density at radius 1 is 0.718 bits per heavy atom. The lowest BCUT2D eigenvalue weighted by molar-refractivity contribution is -0.113. The molecule has 2 amide bonds. The van der Waals surface area contributed by atoms with Crippen molar-refractivity contribution in [2.24, 2.45) is 0 Å². The van der Waals surface area contributed by atoms with E-state index in [4.69, 9.17) is 34.8 Å². The number of ketones is 1. The van der Waals surface area contributed by atoms with Crippen LogP contribution in [0.4, 0.5) is 5.69 Å². The Kier molecular flexibility index (Phi) is 9.85. The average molecular weight is 596 g/mol. The number of benzene rings is 4. The number of hydrogen-bond acceptors (Lipinski definition) is 4. The van der Waals surface area contributed by atoms with Gasteiger partial charge in [-0.25, -0.2) is 0 Å². The Morgan fingerprint density at radius 3 is 2.10 bits per heavy atom. The van der Waals surface area contributed by atoms with Crippen LogP contribution in [0.15, 0.2) is 108 Å². The molecule has 4 aromatic carbocycles. The number of hydrogen-bond donors (Lipinski definition) is 2. The van der Waals surface area contributed by atoms with Crippen LogP contribution in [0.1, 0.15) is 26.3 Å². The summed E-state index contributed by atoms with van der Waals surface area (Å²) in [6, 6.07) is 27.4. The van der Waals surface area contributed by atoms with Crippen LogP contribution in [-0.4, -0.2) is 23.4 Å². The molecule has 2 N–H and O–H groups in total. The van der Waals surface area contributed by atoms with Gasteiger partial charge in [0.2, 0.25) is 0 Å². The lowest BCUT2D eigenvalue weighted by Crippen LogP contribution is -2.30. The number of carbonyl (C=O) groups excluding carboxylic acids is 3. The first-order chi connectivity index (χ1) is 18.8. The van der Waals surface area contributed by atoms with Gasteiger partial charge in [0.05, 0.1) is 15.8 Å². The van der Waals surface area contributed by atoms with Crippen LogP contribution >= 0.6 is 46.6 Å². The molecule has 4 aromatic rings. The zero-order chi connectivity index (χ0) is 27.8. The van der Waals surface area contributed by atoms with Crippen molar-refractivity contribution in [3.63, 3.8) is 0 Å². The molecular formula is C30H21Cl3N2O3S. The third kappa shape index (κ3) is 7.97. The third-order valence-corrected chi connectivity index (χ3v) is 7.55. The minimum atomic E-state index is -0.519. The van der Waals surface area contributed by atoms with Crippen molar-refractivity contribution < 1.29 is 14.4 Å². The molecule has 0 spiro atoms. The van der Waals surface area contributed by atoms with Crippen LogP contribution in [0.5, 0.6) is 0 Å². The van der Waals surface area contributed by atoms with E-state index in [2.05, 4.69) is 10.6 Å². The fourth-order valence-electron chi connectivity index (χ4n) is 3.42. The van der Waals surface area contributed by atoms with Crippen LogP contribution in [0.2, 0.25) is 15.1 Å². The van der Waals surface area contributed by atoms with E-state index in [0.717, 1.165) is 4.90 Å². The van der Waals surface area contributed by atoms with Crippen molar-refractivity contribution >= 4 is 75.9 Å². The molecule has 0 heterocycles. The first-order valence-corrected chi connectivity index (χ1v) is 13.8. The first-order valence-electron chi connectivity index (χ1n) is 11.7. The van der Waals surface area contributed by atoms with E-state index in [1.807, 2.05) is 0 Å². The van der Waals surface area contributed by atoms with Gasteiger partial charge in [0.1, 0.15) is 5.70 Å². The molecule has 0 atom stereocenters. The van der Waals surface area contributed by atoms with E-state index < -0.39 is 11.8 Å². The predicted molar refractivity (Wildman–Crippen MR) is 160 cm³/mol. The molecule has 0 fully saturated rings. The van der Waals surface area contributed by atoms with Crippen LogP contribution in [-0.2, 0) is 4.79 Å². The standard InChI is InChI=1S/C30H21Cl3N2O3S/c31-24-9-5-4-8-20(24)17-27(35-29(37)19-6-2-1-3-7-19)30(38)34-22-11-13-23(14-12-22)39-18-28(36)21-10-15-25(32)26(33)16-21/h1-17H,18H2,(H,34,38)(H,35,37)/b27-17-. The van der Waals surface area contributed by atoms with E-state index in [-0.39, 0.29) is 17.2 Å². The Hall–Kier alpha value is -3.55. The number of thioether (sulfide) groups is 1. The van der Waals surface area contributed by atoms with Gasteiger partial charge in [0, 0.05) is 26.7 Å². The number of Topliss-reactive ketones (excluding diaryl/α,β-unsaturated/α-hetero) is 1. The largest absolute Gasteiger partial charge is 0.321 e. The molecule has 9 heteroatoms. The number of nitrogens with one attached hydrogen (secondary N) is 2. The lowest BCUT2D eigenvalue weighted by Gasteiger charge is -2.12. The molecule has 5 nitrogen and oxygen atoms in total. The van der Waals surface area contributed by atoms with Gasteiger partial charge in [-0.15, -0.1) is 11.8 Å². The minimum absolute atomic E-state index is 0.0302. The van der Waals surface area contributed by atoms with E-state index in [0.29, 0.717) is 37.4 Å². The first kappa shape index (κ1) is 28.5. The summed E-state index contributed by atoms with van der Waals surface area (Å²) in [7, 11) is 0. The van der Waals surface area contributed by atoms with Gasteiger partial charge < -0.3 is 10.6 Å². The summed E-state index contributed by atoms with van der Waals surface area (Å²) < 4.78 is 0. The minimum Gasteiger partial charge on any atom is -0.321 e. The van der Waals surface area contributed by atoms with Crippen molar-refractivity contribution in [2.75, 3.05) is 11.1 Å². The summed E-state index contributed by atoms with van der Waals surface area (Å²) in [5, 5.41) is 6.65. The highest BCUT2D eigenvalue weighted by Gasteiger charge is 2.16. The molecular weight excluding hydrogens is 575 g/mol. The monoisotopic (exact) mass is 594 g/mol. The molecule has 39 heavy (non-hydrogen) atoms. The molecule has 4 rings (SSSR count). The van der Waals surface area contributed by atoms with Gasteiger partial charge in [-0.3, -0.25) is 14.4 Å². The van der Waals surface area contributed by atoms with Gasteiger partial charge in [0.25, 0.3) is 11.8 Å². The van der Waals surface area contributed by atoms with E-state index in [1.54, 1.807) is 97.1 Å². The molecule has 0 radical (unpaired) electrons. The predicted octanol–water partition coefficient (Wildman–Crippen LogP) is 8.03. The summed E-state index contributed by atoms with van der Waals surface area (Å²) in [6.07, 6.45) is 1.53. The van der Waals surface area contributed by atoms with Gasteiger partial charge in [-0.05, 0) is 72.3 Å². The highest BCUT2D eigenvalue weighted by atomic mass is 35.5. The summed E-state index contributed by atoms with van der Waals surface area (Å²) in [4.78, 5) is 39.3. The zero-order valence-electron chi connectivity index (χ0n) is 20.3. The van der Waals surface area contributed by atoms with Gasteiger partial charge >= 0.3 is 0 Å². The van der Waals surface area contributed by atoms with Crippen LogP contribution in [0, 0.1) is 0 Å². The Balaban J connectivity index is 1.44. The average Bonchev–Trinajstić information content (AvgIpc) is 2.95. The van der Waals surface area contributed by atoms with Gasteiger partial charge in [0.15, 0.2) is 5.78 Å². The maximum Gasteiger partial charge on any atom is 0.272 e. The maximum atomic E-state index is 13.2. The smallest absolute Gasteiger partial charge is 0.272 e. The molecule has 196 valence electrons. The normalized spacial score (nSPS) is 11.1. The molecule has 0 bridgehead atoms. The summed E-state index contributed by atoms with van der Waals surface area (Å²) >= 11 is 19.6. The number of carbonyl (C=O) groups is 3. The van der Waals surface area contributed by atoms with Crippen molar-refractivity contribution in [1.29, 1.82) is 0 Å². The molecule has 0 saturated carbocycles. The molecule has 0 aliphatic carbocycles. The maximum absolute atomic E-state index is 13.2. The van der Waals surface area contributed by atoms with Gasteiger partial charge in [-0.2, -0.15) is 0 Å². The fraction of sp³-hybridized carbons (Fsp3) is 0.0333. The SMILES string of the molecule is O=C(Nc1ccc(SCC(=O)c2ccc(Cl)c(Cl)c2)cc1)/C(=C/c1ccccc1Cl)NC(=O)c1ccccc1. The second kappa shape index (κ2) is 13.5. The topological polar surface area (TPSA) is 75.3 Å². The van der Waals surface area contributed by atoms with Crippen LogP contribution < -0.4 is 10.6 Å². The van der Waals surface area contributed by atoms with Gasteiger partial charge in [-0.1, -0.05) is 71.2 Å². The zero-order valence-corrected chi connectivity index (χ0v) is 23.4. The third-order valence-electron chi connectivity index (χ3n) is 5.46. The summed E-state index contributed by atoms with van der Waals surface area (Å²) in [5.74, 6) is -0.823. The molecule has 0 saturated heterocycles. The van der Waals surface area contributed by atoms with Crippen molar-refractivity contribution in [3.8, 4) is 0 Å². The molecule has 0 aliphatic rings. The number of rotatable bonds is 9. The lowest BCUT2D eigenvalue weighted by atomic mass is 10.1. The Morgan fingerprint density at radius 2 is 1.41 bits per heavy atom. The van der Waals surface area contributed by atoms with Crippen LogP contribution in [0.25, 0.3) is 6.08 Å². The van der Waals surface area contributed by atoms with Crippen molar-refractivity contribution in [3.05, 3.63) is 135 Å².